The molecule has 17 heavy (non-hydrogen) atoms. The van der Waals surface area contributed by atoms with Gasteiger partial charge in [-0.25, -0.2) is 8.78 Å². The van der Waals surface area contributed by atoms with E-state index in [1.54, 1.807) is 0 Å². The maximum atomic E-state index is 12.6. The normalized spacial score (nSPS) is 37.1. The van der Waals surface area contributed by atoms with Gasteiger partial charge in [-0.05, 0) is 24.7 Å². The van der Waals surface area contributed by atoms with Gasteiger partial charge in [0.2, 0.25) is 0 Å². The second-order valence-corrected chi connectivity index (χ2v) is 5.16. The van der Waals surface area contributed by atoms with E-state index in [0.29, 0.717) is 11.8 Å². The SMILES string of the molecule is NC1(COCC(F)(F)C(F)F)C2CCCCC21. The van der Waals surface area contributed by atoms with Crippen molar-refractivity contribution in [3.8, 4) is 0 Å². The molecule has 2 nitrogen and oxygen atoms in total. The van der Waals surface area contributed by atoms with Gasteiger partial charge in [0.05, 0.1) is 6.61 Å². The van der Waals surface area contributed by atoms with Crippen LogP contribution in [0.5, 0.6) is 0 Å². The van der Waals surface area contributed by atoms with Crippen LogP contribution in [0.15, 0.2) is 0 Å². The average Bonchev–Trinajstić information content (AvgIpc) is 2.85. The van der Waals surface area contributed by atoms with E-state index in [1.807, 2.05) is 0 Å². The van der Waals surface area contributed by atoms with Crippen LogP contribution in [0.1, 0.15) is 25.7 Å². The third-order valence-corrected chi connectivity index (χ3v) is 4.00. The summed E-state index contributed by atoms with van der Waals surface area (Å²) in [4.78, 5) is 0. The molecule has 2 rings (SSSR count). The number of nitrogens with two attached hydrogens (primary N) is 1. The molecule has 0 aliphatic heterocycles. The lowest BCUT2D eigenvalue weighted by atomic mass is 10.0. The van der Waals surface area contributed by atoms with Gasteiger partial charge in [0.25, 0.3) is 0 Å². The molecule has 0 aromatic carbocycles. The van der Waals surface area contributed by atoms with Crippen molar-refractivity contribution in [3.05, 3.63) is 0 Å². The maximum absolute atomic E-state index is 12.6. The molecule has 2 fully saturated rings. The van der Waals surface area contributed by atoms with Crippen LogP contribution in [0.2, 0.25) is 0 Å². The minimum Gasteiger partial charge on any atom is -0.373 e. The van der Waals surface area contributed by atoms with Gasteiger partial charge >= 0.3 is 12.3 Å². The van der Waals surface area contributed by atoms with Gasteiger partial charge < -0.3 is 10.5 Å². The first-order valence-corrected chi connectivity index (χ1v) is 5.90. The van der Waals surface area contributed by atoms with Crippen LogP contribution < -0.4 is 5.73 Å². The first kappa shape index (κ1) is 13.1. The lowest BCUT2D eigenvalue weighted by Gasteiger charge is -2.18. The molecule has 0 radical (unpaired) electrons. The molecule has 0 aromatic heterocycles. The lowest BCUT2D eigenvalue weighted by Crippen LogP contribution is -2.38. The van der Waals surface area contributed by atoms with Crippen molar-refractivity contribution in [1.82, 2.24) is 0 Å². The van der Waals surface area contributed by atoms with Crippen molar-refractivity contribution in [1.29, 1.82) is 0 Å². The quantitative estimate of drug-likeness (QED) is 0.766. The molecule has 2 aliphatic carbocycles. The first-order chi connectivity index (χ1) is 7.88. The van der Waals surface area contributed by atoms with Crippen LogP contribution in [-0.4, -0.2) is 31.1 Å². The standard InChI is InChI=1S/C11H17F4NO/c12-9(13)11(14,15)6-17-5-10(16)7-3-1-2-4-8(7)10/h7-9H,1-6,16H2. The number of alkyl halides is 4. The Bertz CT molecular complexity index is 273. The number of rotatable bonds is 5. The minimum absolute atomic E-state index is 0.0371. The Morgan fingerprint density at radius 1 is 1.24 bits per heavy atom. The molecule has 0 aromatic rings. The summed E-state index contributed by atoms with van der Waals surface area (Å²) in [5.41, 5.74) is 5.50. The second-order valence-electron chi connectivity index (χ2n) is 5.16. The molecule has 0 amide bonds. The summed E-state index contributed by atoms with van der Waals surface area (Å²) in [7, 11) is 0. The van der Waals surface area contributed by atoms with E-state index in [9.17, 15) is 17.6 Å². The van der Waals surface area contributed by atoms with Crippen molar-refractivity contribution in [3.63, 3.8) is 0 Å². The van der Waals surface area contributed by atoms with Crippen LogP contribution in [0, 0.1) is 11.8 Å². The van der Waals surface area contributed by atoms with Gasteiger partial charge in [0, 0.05) is 5.54 Å². The summed E-state index contributed by atoms with van der Waals surface area (Å²) in [6.45, 7) is -1.28. The van der Waals surface area contributed by atoms with Crippen LogP contribution in [0.25, 0.3) is 0 Å². The van der Waals surface area contributed by atoms with Gasteiger partial charge in [0.1, 0.15) is 6.61 Å². The van der Waals surface area contributed by atoms with Crippen LogP contribution in [0.4, 0.5) is 17.6 Å². The predicted octanol–water partition coefficient (Wildman–Crippen LogP) is 2.42. The molecule has 2 aliphatic rings. The zero-order valence-electron chi connectivity index (χ0n) is 9.47. The zero-order valence-corrected chi connectivity index (χ0v) is 9.47. The Morgan fingerprint density at radius 3 is 2.24 bits per heavy atom. The van der Waals surface area contributed by atoms with Gasteiger partial charge in [-0.2, -0.15) is 8.78 Å². The van der Waals surface area contributed by atoms with E-state index in [2.05, 4.69) is 0 Å². The maximum Gasteiger partial charge on any atom is 0.330 e. The topological polar surface area (TPSA) is 35.2 Å². The molecule has 6 heteroatoms. The summed E-state index contributed by atoms with van der Waals surface area (Å²) >= 11 is 0. The highest BCUT2D eigenvalue weighted by Gasteiger charge is 2.62. The first-order valence-electron chi connectivity index (χ1n) is 5.90. The second kappa shape index (κ2) is 4.39. The number of halogens is 4. The van der Waals surface area contributed by atoms with E-state index in [4.69, 9.17) is 10.5 Å². The molecule has 2 N–H and O–H groups in total. The number of ether oxygens (including phenoxy) is 1. The monoisotopic (exact) mass is 255 g/mol. The minimum atomic E-state index is -4.07. The summed E-state index contributed by atoms with van der Waals surface area (Å²) in [5.74, 6) is -3.41. The van der Waals surface area contributed by atoms with Gasteiger partial charge in [-0.3, -0.25) is 0 Å². The van der Waals surface area contributed by atoms with E-state index in [-0.39, 0.29) is 6.61 Å². The Morgan fingerprint density at radius 2 is 1.76 bits per heavy atom. The Balaban J connectivity index is 1.76. The highest BCUT2D eigenvalue weighted by Crippen LogP contribution is 2.57. The van der Waals surface area contributed by atoms with Crippen LogP contribution in [0.3, 0.4) is 0 Å². The van der Waals surface area contributed by atoms with Crippen molar-refractivity contribution < 1.29 is 22.3 Å². The van der Waals surface area contributed by atoms with E-state index in [1.165, 1.54) is 0 Å². The molecular formula is C11H17F4NO. The highest BCUT2D eigenvalue weighted by molar-refractivity contribution is 5.16. The summed E-state index contributed by atoms with van der Waals surface area (Å²) < 4.78 is 53.7. The van der Waals surface area contributed by atoms with Crippen LogP contribution in [-0.2, 0) is 4.74 Å². The molecule has 0 heterocycles. The molecule has 2 unspecified atom stereocenters. The summed E-state index contributed by atoms with van der Waals surface area (Å²) in [5, 5.41) is 0. The van der Waals surface area contributed by atoms with Crippen molar-refractivity contribution >= 4 is 0 Å². The number of fused-ring (bicyclic) bond motifs is 1. The van der Waals surface area contributed by atoms with Gasteiger partial charge in [0.15, 0.2) is 0 Å². The fraction of sp³-hybridized carbons (Fsp3) is 1.00. The highest BCUT2D eigenvalue weighted by atomic mass is 19.3. The zero-order chi connectivity index (χ0) is 12.7. The Labute approximate surface area is 97.5 Å². The predicted molar refractivity (Wildman–Crippen MR) is 54.1 cm³/mol. The van der Waals surface area contributed by atoms with Crippen LogP contribution >= 0.6 is 0 Å². The molecular weight excluding hydrogens is 238 g/mol. The smallest absolute Gasteiger partial charge is 0.330 e. The van der Waals surface area contributed by atoms with Crippen molar-refractivity contribution in [2.45, 2.75) is 43.6 Å². The molecule has 2 saturated carbocycles. The third-order valence-electron chi connectivity index (χ3n) is 4.00. The molecule has 0 spiro atoms. The summed E-state index contributed by atoms with van der Waals surface area (Å²) in [6.07, 6.45) is 0.518. The summed E-state index contributed by atoms with van der Waals surface area (Å²) in [6, 6.07) is 0. The van der Waals surface area contributed by atoms with Crippen molar-refractivity contribution in [2.75, 3.05) is 13.2 Å². The largest absolute Gasteiger partial charge is 0.373 e. The Hall–Kier alpha value is -0.360. The Kier molecular flexibility index (Phi) is 3.38. The van der Waals surface area contributed by atoms with Gasteiger partial charge in [-0.15, -0.1) is 0 Å². The number of hydrogen-bond donors (Lipinski definition) is 1. The molecule has 2 atom stereocenters. The number of hydrogen-bond acceptors (Lipinski definition) is 2. The fourth-order valence-electron chi connectivity index (χ4n) is 2.94. The molecule has 0 saturated heterocycles. The molecule has 0 bridgehead atoms. The van der Waals surface area contributed by atoms with Gasteiger partial charge in [-0.1, -0.05) is 12.8 Å². The fourth-order valence-corrected chi connectivity index (χ4v) is 2.94. The van der Waals surface area contributed by atoms with Crippen molar-refractivity contribution in [2.24, 2.45) is 17.6 Å². The third kappa shape index (κ3) is 2.42. The van der Waals surface area contributed by atoms with E-state index in [0.717, 1.165) is 25.7 Å². The average molecular weight is 255 g/mol. The molecule has 100 valence electrons. The van der Waals surface area contributed by atoms with E-state index >= 15 is 0 Å². The van der Waals surface area contributed by atoms with E-state index < -0.39 is 24.5 Å². The lowest BCUT2D eigenvalue weighted by molar-refractivity contribution is -0.167.